The molecule has 0 radical (unpaired) electrons. The van der Waals surface area contributed by atoms with E-state index in [-0.39, 0.29) is 17.4 Å². The number of hydrogen-bond acceptors (Lipinski definition) is 5. The number of likely N-dealkylation sites (tertiary alicyclic amines) is 1. The van der Waals surface area contributed by atoms with Crippen molar-refractivity contribution >= 4 is 16.2 Å². The summed E-state index contributed by atoms with van der Waals surface area (Å²) in [6, 6.07) is 6.60. The Bertz CT molecular complexity index is 762. The molecular formula is C19H27NO5S. The lowest BCUT2D eigenvalue weighted by molar-refractivity contribution is 0.0274. The highest BCUT2D eigenvalue weighted by atomic mass is 32.2. The predicted octanol–water partition coefficient (Wildman–Crippen LogP) is 3.35. The Hall–Kier alpha value is -1.60. The van der Waals surface area contributed by atoms with Gasteiger partial charge in [-0.15, -0.1) is 0 Å². The third-order valence-corrected chi connectivity index (χ3v) is 6.10. The molecule has 7 heteroatoms. The van der Waals surface area contributed by atoms with Crippen molar-refractivity contribution in [3.8, 4) is 0 Å². The van der Waals surface area contributed by atoms with Crippen LogP contribution in [0.15, 0.2) is 29.2 Å². The highest BCUT2D eigenvalue weighted by molar-refractivity contribution is 7.86. The minimum Gasteiger partial charge on any atom is -0.444 e. The number of amides is 1. The minimum atomic E-state index is -3.86. The van der Waals surface area contributed by atoms with E-state index < -0.39 is 27.9 Å². The molecule has 0 spiro atoms. The summed E-state index contributed by atoms with van der Waals surface area (Å²) in [4.78, 5) is 14.1. The number of nitrogens with zero attached hydrogens (tertiary/aromatic N) is 1. The van der Waals surface area contributed by atoms with E-state index in [0.717, 1.165) is 18.4 Å². The monoisotopic (exact) mass is 381 g/mol. The zero-order chi connectivity index (χ0) is 19.1. The maximum absolute atomic E-state index is 12.6. The van der Waals surface area contributed by atoms with Crippen LogP contribution >= 0.6 is 0 Å². The Morgan fingerprint density at radius 3 is 2.27 bits per heavy atom. The summed E-state index contributed by atoms with van der Waals surface area (Å²) < 4.78 is 36.3. The number of carbonyl (C=O) groups is 1. The Balaban J connectivity index is 1.73. The van der Waals surface area contributed by atoms with Gasteiger partial charge in [0.05, 0.1) is 17.5 Å². The van der Waals surface area contributed by atoms with Crippen molar-refractivity contribution in [1.29, 1.82) is 0 Å². The molecule has 0 aromatic heterocycles. The van der Waals surface area contributed by atoms with Crippen LogP contribution in [0.5, 0.6) is 0 Å². The van der Waals surface area contributed by atoms with E-state index in [0.29, 0.717) is 12.5 Å². The van der Waals surface area contributed by atoms with Gasteiger partial charge in [0.2, 0.25) is 0 Å². The number of benzene rings is 1. The average Bonchev–Trinajstić information content (AvgIpc) is 3.27. The first kappa shape index (κ1) is 19.2. The van der Waals surface area contributed by atoms with E-state index >= 15 is 0 Å². The molecule has 1 aliphatic heterocycles. The maximum atomic E-state index is 12.6. The highest BCUT2D eigenvalue weighted by Crippen LogP contribution is 2.43. The van der Waals surface area contributed by atoms with Crippen LogP contribution in [0.4, 0.5) is 4.79 Å². The van der Waals surface area contributed by atoms with Gasteiger partial charge in [-0.25, -0.2) is 4.79 Å². The van der Waals surface area contributed by atoms with E-state index in [9.17, 15) is 13.2 Å². The summed E-state index contributed by atoms with van der Waals surface area (Å²) in [5.41, 5.74) is 0.399. The van der Waals surface area contributed by atoms with E-state index in [1.165, 1.54) is 0 Å². The van der Waals surface area contributed by atoms with E-state index in [2.05, 4.69) is 0 Å². The quantitative estimate of drug-likeness (QED) is 0.748. The summed E-state index contributed by atoms with van der Waals surface area (Å²) in [6.45, 7) is 8.06. The molecule has 26 heavy (non-hydrogen) atoms. The minimum absolute atomic E-state index is 0.0303. The Labute approximate surface area is 155 Å². The van der Waals surface area contributed by atoms with Crippen LogP contribution in [0, 0.1) is 18.8 Å². The van der Waals surface area contributed by atoms with Crippen molar-refractivity contribution < 1.29 is 22.1 Å². The molecular weight excluding hydrogens is 354 g/mol. The first-order valence-corrected chi connectivity index (χ1v) is 10.4. The predicted molar refractivity (Wildman–Crippen MR) is 97.3 cm³/mol. The summed E-state index contributed by atoms with van der Waals surface area (Å²) in [6.07, 6.45) is 1.16. The summed E-state index contributed by atoms with van der Waals surface area (Å²) in [5, 5.41) is 0. The normalized spacial score (nSPS) is 23.9. The second-order valence-corrected chi connectivity index (χ2v) is 9.86. The lowest BCUT2D eigenvalue weighted by atomic mass is 10.0. The van der Waals surface area contributed by atoms with Crippen molar-refractivity contribution in [1.82, 2.24) is 4.90 Å². The van der Waals surface area contributed by atoms with Gasteiger partial charge < -0.3 is 9.64 Å². The zero-order valence-electron chi connectivity index (χ0n) is 15.8. The van der Waals surface area contributed by atoms with Crippen LogP contribution in [-0.4, -0.2) is 44.2 Å². The molecule has 1 aromatic carbocycles. The fourth-order valence-corrected chi connectivity index (χ4v) is 4.39. The van der Waals surface area contributed by atoms with Gasteiger partial charge in [-0.1, -0.05) is 17.7 Å². The van der Waals surface area contributed by atoms with Crippen molar-refractivity contribution in [3.63, 3.8) is 0 Å². The van der Waals surface area contributed by atoms with Crippen molar-refractivity contribution in [3.05, 3.63) is 29.8 Å². The number of ether oxygens (including phenoxy) is 1. The zero-order valence-corrected chi connectivity index (χ0v) is 16.6. The summed E-state index contributed by atoms with van der Waals surface area (Å²) in [5.74, 6) is 0.448. The summed E-state index contributed by atoms with van der Waals surface area (Å²) >= 11 is 0. The average molecular weight is 381 g/mol. The fraction of sp³-hybridized carbons (Fsp3) is 0.632. The van der Waals surface area contributed by atoms with Crippen molar-refractivity contribution in [2.75, 3.05) is 13.1 Å². The van der Waals surface area contributed by atoms with E-state index in [1.807, 2.05) is 27.7 Å². The SMILES string of the molecule is Cc1ccc(S(=O)(=O)O[C@H]2CN(C(=O)OC(C)(C)C)C[C@@H]2C2CC2)cc1. The molecule has 1 saturated carbocycles. The van der Waals surface area contributed by atoms with Gasteiger partial charge in [0.1, 0.15) is 5.60 Å². The third kappa shape index (κ3) is 4.57. The molecule has 3 rings (SSSR count). The number of rotatable bonds is 4. The molecule has 1 heterocycles. The van der Waals surface area contributed by atoms with Gasteiger partial charge in [0, 0.05) is 12.5 Å². The first-order valence-electron chi connectivity index (χ1n) is 9.03. The van der Waals surface area contributed by atoms with E-state index in [4.69, 9.17) is 8.92 Å². The Kier molecular flexibility index (Phi) is 5.05. The Morgan fingerprint density at radius 1 is 1.12 bits per heavy atom. The van der Waals surface area contributed by atoms with Crippen LogP contribution in [0.25, 0.3) is 0 Å². The fourth-order valence-electron chi connectivity index (χ4n) is 3.28. The lowest BCUT2D eigenvalue weighted by Crippen LogP contribution is -2.36. The number of aryl methyl sites for hydroxylation is 1. The standard InChI is InChI=1S/C19H27NO5S/c1-13-5-9-15(10-6-13)26(22,23)25-17-12-20(11-16(17)14-7-8-14)18(21)24-19(2,3)4/h5-6,9-10,14,16-17H,7-8,11-12H2,1-4H3/t16-,17+/m1/s1. The number of carbonyl (C=O) groups excluding carboxylic acids is 1. The van der Waals surface area contributed by atoms with Crippen molar-refractivity contribution in [2.45, 2.75) is 57.1 Å². The third-order valence-electron chi connectivity index (χ3n) is 4.75. The molecule has 0 bridgehead atoms. The molecule has 6 nitrogen and oxygen atoms in total. The molecule has 2 atom stereocenters. The first-order chi connectivity index (χ1) is 12.0. The van der Waals surface area contributed by atoms with Gasteiger partial charge in [-0.3, -0.25) is 4.18 Å². The van der Waals surface area contributed by atoms with Gasteiger partial charge in [0.15, 0.2) is 0 Å². The second-order valence-electron chi connectivity index (χ2n) is 8.29. The van der Waals surface area contributed by atoms with Crippen LogP contribution in [0.3, 0.4) is 0 Å². The highest BCUT2D eigenvalue weighted by Gasteiger charge is 2.47. The molecule has 2 aliphatic rings. The van der Waals surface area contributed by atoms with Gasteiger partial charge in [-0.2, -0.15) is 8.42 Å². The molecule has 2 fully saturated rings. The molecule has 144 valence electrons. The second kappa shape index (κ2) is 6.85. The van der Waals surface area contributed by atoms with Crippen LogP contribution in [0.2, 0.25) is 0 Å². The molecule has 1 amide bonds. The molecule has 0 N–H and O–H groups in total. The largest absolute Gasteiger partial charge is 0.444 e. The smallest absolute Gasteiger partial charge is 0.410 e. The molecule has 1 aliphatic carbocycles. The topological polar surface area (TPSA) is 72.9 Å². The van der Waals surface area contributed by atoms with Crippen LogP contribution < -0.4 is 0 Å². The molecule has 1 aromatic rings. The molecule has 0 unspecified atom stereocenters. The summed E-state index contributed by atoms with van der Waals surface area (Å²) in [7, 11) is -3.86. The lowest BCUT2D eigenvalue weighted by Gasteiger charge is -2.24. The van der Waals surface area contributed by atoms with Crippen LogP contribution in [-0.2, 0) is 19.0 Å². The van der Waals surface area contributed by atoms with Crippen molar-refractivity contribution in [2.24, 2.45) is 11.8 Å². The van der Waals surface area contributed by atoms with Crippen LogP contribution in [0.1, 0.15) is 39.2 Å². The van der Waals surface area contributed by atoms with Gasteiger partial charge >= 0.3 is 6.09 Å². The maximum Gasteiger partial charge on any atom is 0.410 e. The molecule has 1 saturated heterocycles. The van der Waals surface area contributed by atoms with E-state index in [1.54, 1.807) is 29.2 Å². The number of hydrogen-bond donors (Lipinski definition) is 0. The van der Waals surface area contributed by atoms with Gasteiger partial charge in [-0.05, 0) is 58.6 Å². The Morgan fingerprint density at radius 2 is 1.73 bits per heavy atom. The van der Waals surface area contributed by atoms with Gasteiger partial charge in [0.25, 0.3) is 10.1 Å².